The number of hydrogen-bond acceptors (Lipinski definition) is 4. The Hall–Kier alpha value is -1.63. The van der Waals surface area contributed by atoms with Crippen LogP contribution in [0.3, 0.4) is 0 Å². The third-order valence-electron chi connectivity index (χ3n) is 5.41. The molecule has 1 heterocycles. The fraction of sp³-hybridized carbons (Fsp3) is 0.833. The predicted molar refractivity (Wildman–Crippen MR) is 94.0 cm³/mol. The SMILES string of the molecule is CCNC(C)C(=O)NC(C(=O)N1CCCC1C(=O)O)C1CCCCC1. The summed E-state index contributed by atoms with van der Waals surface area (Å²) in [5.41, 5.74) is 0. The van der Waals surface area contributed by atoms with E-state index in [1.165, 1.54) is 4.90 Å². The molecule has 2 fully saturated rings. The average Bonchev–Trinajstić information content (AvgIpc) is 3.10. The number of likely N-dealkylation sites (N-methyl/N-ethyl adjacent to an activating group) is 1. The van der Waals surface area contributed by atoms with Crippen molar-refractivity contribution in [3.05, 3.63) is 0 Å². The van der Waals surface area contributed by atoms with Gasteiger partial charge in [-0.3, -0.25) is 9.59 Å². The number of nitrogens with zero attached hydrogens (tertiary/aromatic N) is 1. The van der Waals surface area contributed by atoms with Crippen molar-refractivity contribution in [1.82, 2.24) is 15.5 Å². The van der Waals surface area contributed by atoms with Crippen molar-refractivity contribution in [2.24, 2.45) is 5.92 Å². The Morgan fingerprint density at radius 1 is 1.12 bits per heavy atom. The molecular weight excluding hydrogens is 322 g/mol. The van der Waals surface area contributed by atoms with Gasteiger partial charge in [0.05, 0.1) is 6.04 Å². The molecule has 7 heteroatoms. The number of rotatable bonds is 7. The fourth-order valence-electron chi connectivity index (χ4n) is 3.99. The molecule has 1 saturated heterocycles. The Bertz CT molecular complexity index is 491. The third-order valence-corrected chi connectivity index (χ3v) is 5.41. The summed E-state index contributed by atoms with van der Waals surface area (Å²) in [6.07, 6.45) is 6.24. The molecule has 1 aliphatic heterocycles. The van der Waals surface area contributed by atoms with E-state index in [4.69, 9.17) is 0 Å². The van der Waals surface area contributed by atoms with Crippen LogP contribution in [0.4, 0.5) is 0 Å². The molecule has 7 nitrogen and oxygen atoms in total. The summed E-state index contributed by atoms with van der Waals surface area (Å²) in [5, 5.41) is 15.4. The summed E-state index contributed by atoms with van der Waals surface area (Å²) < 4.78 is 0. The number of likely N-dealkylation sites (tertiary alicyclic amines) is 1. The van der Waals surface area contributed by atoms with Crippen LogP contribution in [0.2, 0.25) is 0 Å². The first kappa shape index (κ1) is 19.7. The molecule has 25 heavy (non-hydrogen) atoms. The largest absolute Gasteiger partial charge is 0.480 e. The quantitative estimate of drug-likeness (QED) is 0.637. The highest BCUT2D eigenvalue weighted by Gasteiger charge is 2.40. The van der Waals surface area contributed by atoms with Gasteiger partial charge in [-0.1, -0.05) is 26.2 Å². The number of aliphatic carboxylic acids is 1. The molecule has 1 aliphatic carbocycles. The first-order valence-electron chi connectivity index (χ1n) is 9.52. The predicted octanol–water partition coefficient (Wildman–Crippen LogP) is 1.13. The maximum absolute atomic E-state index is 13.1. The second-order valence-corrected chi connectivity index (χ2v) is 7.19. The van der Waals surface area contributed by atoms with Crippen molar-refractivity contribution in [2.75, 3.05) is 13.1 Å². The minimum Gasteiger partial charge on any atom is -0.480 e. The maximum Gasteiger partial charge on any atom is 0.326 e. The van der Waals surface area contributed by atoms with E-state index in [1.54, 1.807) is 6.92 Å². The lowest BCUT2D eigenvalue weighted by Gasteiger charge is -2.34. The van der Waals surface area contributed by atoms with Gasteiger partial charge in [-0.05, 0) is 45.1 Å². The van der Waals surface area contributed by atoms with Crippen molar-refractivity contribution in [1.29, 1.82) is 0 Å². The maximum atomic E-state index is 13.1. The van der Waals surface area contributed by atoms with Gasteiger partial charge >= 0.3 is 5.97 Å². The lowest BCUT2D eigenvalue weighted by atomic mass is 9.83. The van der Waals surface area contributed by atoms with E-state index in [2.05, 4.69) is 10.6 Å². The van der Waals surface area contributed by atoms with Crippen LogP contribution in [0.5, 0.6) is 0 Å². The Morgan fingerprint density at radius 3 is 2.40 bits per heavy atom. The van der Waals surface area contributed by atoms with E-state index >= 15 is 0 Å². The number of amides is 2. The van der Waals surface area contributed by atoms with E-state index in [-0.39, 0.29) is 23.8 Å². The number of carboxylic acid groups (broad SMARTS) is 1. The van der Waals surface area contributed by atoms with Gasteiger partial charge in [-0.2, -0.15) is 0 Å². The number of carbonyl (C=O) groups excluding carboxylic acids is 2. The Labute approximate surface area is 149 Å². The van der Waals surface area contributed by atoms with Gasteiger partial charge < -0.3 is 20.6 Å². The van der Waals surface area contributed by atoms with Crippen LogP contribution in [0.25, 0.3) is 0 Å². The Kier molecular flexibility index (Phi) is 7.23. The van der Waals surface area contributed by atoms with Crippen molar-refractivity contribution in [3.8, 4) is 0 Å². The fourth-order valence-corrected chi connectivity index (χ4v) is 3.99. The summed E-state index contributed by atoms with van der Waals surface area (Å²) in [5.74, 6) is -1.29. The second kappa shape index (κ2) is 9.17. The highest BCUT2D eigenvalue weighted by molar-refractivity contribution is 5.92. The monoisotopic (exact) mass is 353 g/mol. The molecule has 3 atom stereocenters. The van der Waals surface area contributed by atoms with E-state index in [0.29, 0.717) is 25.9 Å². The molecule has 3 N–H and O–H groups in total. The molecule has 142 valence electrons. The van der Waals surface area contributed by atoms with E-state index in [1.807, 2.05) is 6.92 Å². The summed E-state index contributed by atoms with van der Waals surface area (Å²) in [7, 11) is 0. The second-order valence-electron chi connectivity index (χ2n) is 7.19. The van der Waals surface area contributed by atoms with Crippen LogP contribution in [0.15, 0.2) is 0 Å². The van der Waals surface area contributed by atoms with E-state index < -0.39 is 18.1 Å². The molecule has 0 radical (unpaired) electrons. The molecular formula is C18H31N3O4. The van der Waals surface area contributed by atoms with Crippen LogP contribution in [0.1, 0.15) is 58.8 Å². The molecule has 0 aromatic heterocycles. The normalized spacial score (nSPS) is 23.9. The minimum absolute atomic E-state index is 0.0917. The molecule has 1 saturated carbocycles. The van der Waals surface area contributed by atoms with Crippen LogP contribution in [-0.2, 0) is 14.4 Å². The molecule has 2 amide bonds. The van der Waals surface area contributed by atoms with Crippen molar-refractivity contribution >= 4 is 17.8 Å². The molecule has 0 bridgehead atoms. The standard InChI is InChI=1S/C18H31N3O4/c1-3-19-12(2)16(22)20-15(13-8-5-4-6-9-13)17(23)21-11-7-10-14(21)18(24)25/h12-15,19H,3-11H2,1-2H3,(H,20,22)(H,24,25). The van der Waals surface area contributed by atoms with Crippen LogP contribution >= 0.6 is 0 Å². The molecule has 2 aliphatic rings. The van der Waals surface area contributed by atoms with Gasteiger partial charge in [0.2, 0.25) is 11.8 Å². The van der Waals surface area contributed by atoms with E-state index in [0.717, 1.165) is 32.1 Å². The molecule has 3 unspecified atom stereocenters. The number of carboxylic acids is 1. The van der Waals surface area contributed by atoms with Crippen molar-refractivity contribution in [3.63, 3.8) is 0 Å². The summed E-state index contributed by atoms with van der Waals surface area (Å²) in [6, 6.07) is -1.76. The Morgan fingerprint density at radius 2 is 1.80 bits per heavy atom. The van der Waals surface area contributed by atoms with Gasteiger partial charge in [0.25, 0.3) is 0 Å². The topological polar surface area (TPSA) is 98.7 Å². The third kappa shape index (κ3) is 4.93. The first-order valence-corrected chi connectivity index (χ1v) is 9.52. The average molecular weight is 353 g/mol. The highest BCUT2D eigenvalue weighted by atomic mass is 16.4. The van der Waals surface area contributed by atoms with E-state index in [9.17, 15) is 19.5 Å². The van der Waals surface area contributed by atoms with Crippen molar-refractivity contribution < 1.29 is 19.5 Å². The van der Waals surface area contributed by atoms with Crippen LogP contribution < -0.4 is 10.6 Å². The number of hydrogen-bond donors (Lipinski definition) is 3. The zero-order chi connectivity index (χ0) is 18.4. The van der Waals surface area contributed by atoms with Gasteiger partial charge in [0.1, 0.15) is 12.1 Å². The molecule has 0 aromatic carbocycles. The lowest BCUT2D eigenvalue weighted by molar-refractivity contribution is -0.150. The zero-order valence-electron chi connectivity index (χ0n) is 15.3. The summed E-state index contributed by atoms with van der Waals surface area (Å²) >= 11 is 0. The van der Waals surface area contributed by atoms with Crippen molar-refractivity contribution in [2.45, 2.75) is 76.9 Å². The van der Waals surface area contributed by atoms with Crippen LogP contribution in [-0.4, -0.2) is 59.0 Å². The molecule has 0 spiro atoms. The van der Waals surface area contributed by atoms with Gasteiger partial charge in [-0.15, -0.1) is 0 Å². The summed E-state index contributed by atoms with van der Waals surface area (Å²) in [6.45, 7) is 4.83. The number of nitrogens with one attached hydrogen (secondary N) is 2. The summed E-state index contributed by atoms with van der Waals surface area (Å²) in [4.78, 5) is 38.5. The molecule has 2 rings (SSSR count). The minimum atomic E-state index is -0.958. The number of carbonyl (C=O) groups is 3. The van der Waals surface area contributed by atoms with Gasteiger partial charge in [0, 0.05) is 6.54 Å². The van der Waals surface area contributed by atoms with Crippen LogP contribution in [0, 0.1) is 5.92 Å². The smallest absolute Gasteiger partial charge is 0.326 e. The Balaban J connectivity index is 2.14. The van der Waals surface area contributed by atoms with Gasteiger partial charge in [-0.25, -0.2) is 4.79 Å². The molecule has 0 aromatic rings. The lowest BCUT2D eigenvalue weighted by Crippen LogP contribution is -2.57. The van der Waals surface area contributed by atoms with Gasteiger partial charge in [0.15, 0.2) is 0 Å². The first-order chi connectivity index (χ1) is 12.0. The zero-order valence-corrected chi connectivity index (χ0v) is 15.3. The highest BCUT2D eigenvalue weighted by Crippen LogP contribution is 2.29.